The van der Waals surface area contributed by atoms with E-state index in [0.717, 1.165) is 53.7 Å². The molecule has 110 valence electrons. The Hall–Kier alpha value is -1.69. The molecule has 0 saturated heterocycles. The monoisotopic (exact) mass is 307 g/mol. The number of nitrogens with one attached hydrogen (secondary N) is 1. The summed E-state index contributed by atoms with van der Waals surface area (Å²) in [5, 5.41) is 3.30. The van der Waals surface area contributed by atoms with Crippen LogP contribution in [-0.2, 0) is 11.5 Å². The van der Waals surface area contributed by atoms with Crippen LogP contribution in [0.2, 0.25) is 0 Å². The maximum absolute atomic E-state index is 13.4. The minimum atomic E-state index is -0.881. The molecule has 0 saturated carbocycles. The number of anilines is 1. The zero-order valence-corrected chi connectivity index (χ0v) is 12.4. The summed E-state index contributed by atoms with van der Waals surface area (Å²) in [5.74, 6) is 1.23. The van der Waals surface area contributed by atoms with Gasteiger partial charge in [0.1, 0.15) is 5.82 Å². The van der Waals surface area contributed by atoms with Crippen LogP contribution in [0, 0.1) is 11.6 Å². The lowest BCUT2D eigenvalue weighted by Gasteiger charge is -2.11. The number of halogens is 2. The van der Waals surface area contributed by atoms with Crippen molar-refractivity contribution >= 4 is 17.6 Å². The molecule has 2 aromatic rings. The largest absolute Gasteiger partial charge is 0.370 e. The van der Waals surface area contributed by atoms with E-state index in [1.165, 1.54) is 6.07 Å². The van der Waals surface area contributed by atoms with Crippen molar-refractivity contribution in [1.29, 1.82) is 0 Å². The van der Waals surface area contributed by atoms with E-state index in [9.17, 15) is 8.78 Å². The molecular weight excluding hydrogens is 292 g/mol. The quantitative estimate of drug-likeness (QED) is 0.927. The molecule has 21 heavy (non-hydrogen) atoms. The van der Waals surface area contributed by atoms with Gasteiger partial charge in [-0.15, -0.1) is 0 Å². The van der Waals surface area contributed by atoms with Crippen molar-refractivity contribution in [2.24, 2.45) is 0 Å². The molecule has 1 aliphatic heterocycles. The first-order valence-electron chi connectivity index (χ1n) is 6.86. The van der Waals surface area contributed by atoms with Gasteiger partial charge in [0.2, 0.25) is 0 Å². The van der Waals surface area contributed by atoms with E-state index in [0.29, 0.717) is 11.4 Å². The van der Waals surface area contributed by atoms with Crippen molar-refractivity contribution in [2.45, 2.75) is 24.9 Å². The zero-order chi connectivity index (χ0) is 14.8. The lowest BCUT2D eigenvalue weighted by atomic mass is 10.1. The van der Waals surface area contributed by atoms with Crippen molar-refractivity contribution in [3.63, 3.8) is 0 Å². The summed E-state index contributed by atoms with van der Waals surface area (Å²) in [4.78, 5) is 9.00. The normalized spacial score (nSPS) is 13.3. The van der Waals surface area contributed by atoms with Gasteiger partial charge in [-0.05, 0) is 24.6 Å². The first kappa shape index (κ1) is 14.3. The van der Waals surface area contributed by atoms with Crippen molar-refractivity contribution in [2.75, 3.05) is 11.9 Å². The van der Waals surface area contributed by atoms with Gasteiger partial charge in [0.25, 0.3) is 0 Å². The van der Waals surface area contributed by atoms with E-state index in [-0.39, 0.29) is 0 Å². The lowest BCUT2D eigenvalue weighted by Crippen LogP contribution is -2.08. The van der Waals surface area contributed by atoms with Gasteiger partial charge in [-0.2, -0.15) is 11.8 Å². The summed E-state index contributed by atoms with van der Waals surface area (Å²) in [6, 6.07) is 3.75. The average Bonchev–Trinajstić information content (AvgIpc) is 2.96. The smallest absolute Gasteiger partial charge is 0.161 e. The highest BCUT2D eigenvalue weighted by Crippen LogP contribution is 2.34. The van der Waals surface area contributed by atoms with Crippen LogP contribution in [-0.4, -0.2) is 16.5 Å². The molecule has 0 amide bonds. The Morgan fingerprint density at radius 2 is 2.05 bits per heavy atom. The molecule has 0 unspecified atom stereocenters. The molecule has 1 N–H and O–H groups in total. The third kappa shape index (κ3) is 2.85. The maximum Gasteiger partial charge on any atom is 0.161 e. The predicted octanol–water partition coefficient (Wildman–Crippen LogP) is 3.99. The molecule has 0 radical (unpaired) electrons. The topological polar surface area (TPSA) is 37.8 Å². The lowest BCUT2D eigenvalue weighted by molar-refractivity contribution is 0.509. The van der Waals surface area contributed by atoms with Crippen LogP contribution in [0.4, 0.5) is 14.6 Å². The maximum atomic E-state index is 13.4. The van der Waals surface area contributed by atoms with Crippen molar-refractivity contribution in [3.05, 3.63) is 41.1 Å². The second kappa shape index (κ2) is 5.97. The zero-order valence-electron chi connectivity index (χ0n) is 11.6. The Morgan fingerprint density at radius 1 is 1.19 bits per heavy atom. The number of benzene rings is 1. The van der Waals surface area contributed by atoms with Crippen LogP contribution in [0.25, 0.3) is 11.4 Å². The highest BCUT2D eigenvalue weighted by Gasteiger charge is 2.20. The Morgan fingerprint density at radius 3 is 2.81 bits per heavy atom. The van der Waals surface area contributed by atoms with Gasteiger partial charge >= 0.3 is 0 Å². The molecule has 0 atom stereocenters. The molecule has 0 bridgehead atoms. The van der Waals surface area contributed by atoms with Gasteiger partial charge in [0, 0.05) is 29.2 Å². The Bertz CT molecular complexity index is 676. The summed E-state index contributed by atoms with van der Waals surface area (Å²) >= 11 is 1.78. The molecule has 0 fully saturated rings. The van der Waals surface area contributed by atoms with Crippen LogP contribution < -0.4 is 5.32 Å². The molecule has 1 aliphatic rings. The van der Waals surface area contributed by atoms with Gasteiger partial charge in [-0.1, -0.05) is 6.92 Å². The van der Waals surface area contributed by atoms with E-state index < -0.39 is 11.6 Å². The fourth-order valence-corrected chi connectivity index (χ4v) is 3.25. The Balaban J connectivity index is 2.04. The number of hydrogen-bond acceptors (Lipinski definition) is 4. The molecular formula is C15H15F2N3S. The fourth-order valence-electron chi connectivity index (χ4n) is 2.21. The second-order valence-electron chi connectivity index (χ2n) is 4.87. The summed E-state index contributed by atoms with van der Waals surface area (Å²) in [7, 11) is 0. The molecule has 3 nitrogen and oxygen atoms in total. The van der Waals surface area contributed by atoms with E-state index >= 15 is 0 Å². The van der Waals surface area contributed by atoms with Crippen molar-refractivity contribution in [3.8, 4) is 11.4 Å². The van der Waals surface area contributed by atoms with E-state index in [2.05, 4.69) is 22.2 Å². The standard InChI is InChI=1S/C15H15F2N3S/c1-2-5-18-15-10-7-21-8-13(10)19-14(20-15)9-3-4-11(16)12(17)6-9/h3-4,6H,2,5,7-8H2,1H3,(H,18,19,20). The van der Waals surface area contributed by atoms with Crippen LogP contribution in [0.15, 0.2) is 18.2 Å². The van der Waals surface area contributed by atoms with Gasteiger partial charge in [-0.25, -0.2) is 18.7 Å². The molecule has 1 aromatic heterocycles. The van der Waals surface area contributed by atoms with E-state index in [1.54, 1.807) is 11.8 Å². The SMILES string of the molecule is CCCNc1nc(-c2ccc(F)c(F)c2)nc2c1CSC2. The Labute approximate surface area is 126 Å². The number of aromatic nitrogens is 2. The van der Waals surface area contributed by atoms with Crippen LogP contribution in [0.1, 0.15) is 24.6 Å². The highest BCUT2D eigenvalue weighted by molar-refractivity contribution is 7.98. The van der Waals surface area contributed by atoms with Gasteiger partial charge < -0.3 is 5.32 Å². The summed E-state index contributed by atoms with van der Waals surface area (Å²) in [5.41, 5.74) is 2.60. The van der Waals surface area contributed by atoms with Crippen LogP contribution in [0.3, 0.4) is 0 Å². The first-order chi connectivity index (χ1) is 10.2. The number of thioether (sulfide) groups is 1. The number of nitrogens with zero attached hydrogens (tertiary/aromatic N) is 2. The molecule has 0 spiro atoms. The number of fused-ring (bicyclic) bond motifs is 1. The van der Waals surface area contributed by atoms with Crippen LogP contribution in [0.5, 0.6) is 0 Å². The van der Waals surface area contributed by atoms with E-state index in [4.69, 9.17) is 0 Å². The van der Waals surface area contributed by atoms with Crippen molar-refractivity contribution in [1.82, 2.24) is 9.97 Å². The molecule has 2 heterocycles. The van der Waals surface area contributed by atoms with Gasteiger partial charge in [0.15, 0.2) is 17.5 Å². The summed E-state index contributed by atoms with van der Waals surface area (Å²) in [6.07, 6.45) is 0.992. The molecule has 0 aliphatic carbocycles. The molecule has 1 aromatic carbocycles. The molecule has 6 heteroatoms. The second-order valence-corrected chi connectivity index (χ2v) is 5.86. The van der Waals surface area contributed by atoms with Crippen molar-refractivity contribution < 1.29 is 8.78 Å². The third-order valence-electron chi connectivity index (χ3n) is 3.30. The minimum absolute atomic E-state index is 0.439. The van der Waals surface area contributed by atoms with Crippen LogP contribution >= 0.6 is 11.8 Å². The van der Waals surface area contributed by atoms with Gasteiger partial charge in [0.05, 0.1) is 5.69 Å². The summed E-state index contributed by atoms with van der Waals surface area (Å²) < 4.78 is 26.4. The van der Waals surface area contributed by atoms with E-state index in [1.807, 2.05) is 0 Å². The average molecular weight is 307 g/mol. The van der Waals surface area contributed by atoms with Gasteiger partial charge in [-0.3, -0.25) is 0 Å². The third-order valence-corrected chi connectivity index (χ3v) is 4.27. The Kier molecular flexibility index (Phi) is 4.05. The first-order valence-corrected chi connectivity index (χ1v) is 8.01. The molecule has 3 rings (SSSR count). The number of rotatable bonds is 4. The fraction of sp³-hybridized carbons (Fsp3) is 0.333. The number of hydrogen-bond donors (Lipinski definition) is 1. The highest BCUT2D eigenvalue weighted by atomic mass is 32.2. The predicted molar refractivity (Wildman–Crippen MR) is 81.2 cm³/mol. The summed E-state index contributed by atoms with van der Waals surface area (Å²) in [6.45, 7) is 2.91. The minimum Gasteiger partial charge on any atom is -0.370 e.